The highest BCUT2D eigenvalue weighted by atomic mass is 32.1. The molecule has 0 fully saturated rings. The quantitative estimate of drug-likeness (QED) is 0.616. The molecule has 0 radical (unpaired) electrons. The predicted octanol–water partition coefficient (Wildman–Crippen LogP) is 5.71. The normalized spacial score (nSPS) is 11.2. The number of benzene rings is 2. The summed E-state index contributed by atoms with van der Waals surface area (Å²) in [5, 5.41) is 15.4. The maximum atomic E-state index is 9.48. The van der Waals surface area contributed by atoms with Gasteiger partial charge in [-0.2, -0.15) is 5.26 Å². The van der Waals surface area contributed by atoms with Crippen LogP contribution in [0.1, 0.15) is 21.7 Å². The standard InChI is InChI=1S/C21H19N3S/c1-14-5-4-6-19(9-14)23-12-18(11-22)21-24-20(13-25-21)17-8-7-15(2)16(3)10-17/h4-10,12-13,23H,1-3H3/b18-12-. The van der Waals surface area contributed by atoms with Gasteiger partial charge in [0.15, 0.2) is 0 Å². The summed E-state index contributed by atoms with van der Waals surface area (Å²) in [4.78, 5) is 4.64. The minimum absolute atomic E-state index is 0.529. The van der Waals surface area contributed by atoms with Crippen LogP contribution in [0, 0.1) is 32.1 Å². The molecule has 4 heteroatoms. The summed E-state index contributed by atoms with van der Waals surface area (Å²) in [5.74, 6) is 0. The van der Waals surface area contributed by atoms with Gasteiger partial charge < -0.3 is 5.32 Å². The molecule has 0 atom stereocenters. The first-order chi connectivity index (χ1) is 12.1. The maximum Gasteiger partial charge on any atom is 0.136 e. The third kappa shape index (κ3) is 3.96. The van der Waals surface area contributed by atoms with Gasteiger partial charge in [0, 0.05) is 22.8 Å². The second-order valence-electron chi connectivity index (χ2n) is 6.02. The van der Waals surface area contributed by atoms with Crippen LogP contribution in [0.15, 0.2) is 54.0 Å². The number of aromatic nitrogens is 1. The Morgan fingerprint density at radius 3 is 2.68 bits per heavy atom. The molecule has 0 amide bonds. The summed E-state index contributed by atoms with van der Waals surface area (Å²) in [5.41, 5.74) is 7.14. The Hall–Kier alpha value is -2.90. The van der Waals surface area contributed by atoms with Crippen molar-refractivity contribution in [1.82, 2.24) is 4.98 Å². The van der Waals surface area contributed by atoms with Crippen LogP contribution in [-0.4, -0.2) is 4.98 Å². The molecule has 1 N–H and O–H groups in total. The van der Waals surface area contributed by atoms with Crippen molar-refractivity contribution in [3.63, 3.8) is 0 Å². The molecule has 3 rings (SSSR count). The number of nitrogens with zero attached hydrogens (tertiary/aromatic N) is 2. The van der Waals surface area contributed by atoms with Gasteiger partial charge in [0.2, 0.25) is 0 Å². The fourth-order valence-corrected chi connectivity index (χ4v) is 3.26. The molecule has 0 bridgehead atoms. The summed E-state index contributed by atoms with van der Waals surface area (Å²) in [6.07, 6.45) is 1.72. The molecular weight excluding hydrogens is 326 g/mol. The number of rotatable bonds is 4. The lowest BCUT2D eigenvalue weighted by Gasteiger charge is -2.03. The van der Waals surface area contributed by atoms with Crippen molar-refractivity contribution >= 4 is 22.6 Å². The van der Waals surface area contributed by atoms with Crippen LogP contribution >= 0.6 is 11.3 Å². The van der Waals surface area contributed by atoms with Crippen LogP contribution in [0.3, 0.4) is 0 Å². The van der Waals surface area contributed by atoms with Gasteiger partial charge in [-0.15, -0.1) is 11.3 Å². The van der Waals surface area contributed by atoms with Gasteiger partial charge in [-0.3, -0.25) is 0 Å². The zero-order chi connectivity index (χ0) is 17.8. The van der Waals surface area contributed by atoms with Gasteiger partial charge in [0.05, 0.1) is 5.69 Å². The SMILES string of the molecule is Cc1cccc(N/C=C(/C#N)c2nc(-c3ccc(C)c(C)c3)cs2)c1. The van der Waals surface area contributed by atoms with Crippen molar-refractivity contribution in [2.24, 2.45) is 0 Å². The van der Waals surface area contributed by atoms with Gasteiger partial charge in [-0.1, -0.05) is 24.3 Å². The van der Waals surface area contributed by atoms with Crippen LogP contribution < -0.4 is 5.32 Å². The summed E-state index contributed by atoms with van der Waals surface area (Å²) in [6, 6.07) is 16.6. The lowest BCUT2D eigenvalue weighted by molar-refractivity contribution is 1.31. The van der Waals surface area contributed by atoms with E-state index in [0.717, 1.165) is 22.0 Å². The molecule has 0 saturated heterocycles. The second-order valence-corrected chi connectivity index (χ2v) is 6.88. The highest BCUT2D eigenvalue weighted by Gasteiger charge is 2.09. The lowest BCUT2D eigenvalue weighted by atomic mass is 10.1. The zero-order valence-corrected chi connectivity index (χ0v) is 15.3. The van der Waals surface area contributed by atoms with E-state index in [-0.39, 0.29) is 0 Å². The maximum absolute atomic E-state index is 9.48. The molecule has 0 spiro atoms. The minimum Gasteiger partial charge on any atom is -0.360 e. The Morgan fingerprint density at radius 2 is 1.96 bits per heavy atom. The Kier molecular flexibility index (Phi) is 4.97. The molecule has 1 aromatic heterocycles. The number of allylic oxidation sites excluding steroid dienone is 1. The molecule has 0 aliphatic carbocycles. The van der Waals surface area contributed by atoms with E-state index in [1.165, 1.54) is 28.0 Å². The molecule has 0 saturated carbocycles. The smallest absolute Gasteiger partial charge is 0.136 e. The van der Waals surface area contributed by atoms with E-state index in [9.17, 15) is 5.26 Å². The highest BCUT2D eigenvalue weighted by Crippen LogP contribution is 2.27. The molecule has 1 heterocycles. The molecule has 0 unspecified atom stereocenters. The highest BCUT2D eigenvalue weighted by molar-refractivity contribution is 7.11. The van der Waals surface area contributed by atoms with Gasteiger partial charge in [-0.25, -0.2) is 4.98 Å². The van der Waals surface area contributed by atoms with Crippen LogP contribution in [0.5, 0.6) is 0 Å². The molecule has 25 heavy (non-hydrogen) atoms. The molecule has 0 aliphatic heterocycles. The number of hydrogen-bond acceptors (Lipinski definition) is 4. The first kappa shape index (κ1) is 16.9. The number of anilines is 1. The number of hydrogen-bond donors (Lipinski definition) is 1. The van der Waals surface area contributed by atoms with Crippen molar-refractivity contribution in [2.75, 3.05) is 5.32 Å². The van der Waals surface area contributed by atoms with Crippen LogP contribution in [0.4, 0.5) is 5.69 Å². The molecule has 3 nitrogen and oxygen atoms in total. The average molecular weight is 345 g/mol. The molecule has 124 valence electrons. The third-order valence-corrected chi connectivity index (χ3v) is 4.93. The second kappa shape index (κ2) is 7.33. The van der Waals surface area contributed by atoms with Gasteiger partial charge in [0.1, 0.15) is 16.6 Å². The van der Waals surface area contributed by atoms with E-state index in [4.69, 9.17) is 0 Å². The molecule has 2 aromatic carbocycles. The van der Waals surface area contributed by atoms with Crippen molar-refractivity contribution in [3.05, 3.63) is 75.7 Å². The van der Waals surface area contributed by atoms with E-state index in [0.29, 0.717) is 5.57 Å². The fraction of sp³-hybridized carbons (Fsp3) is 0.143. The number of aryl methyl sites for hydroxylation is 3. The van der Waals surface area contributed by atoms with E-state index in [1.807, 2.05) is 36.6 Å². The van der Waals surface area contributed by atoms with E-state index >= 15 is 0 Å². The van der Waals surface area contributed by atoms with Gasteiger partial charge in [-0.05, 0) is 55.7 Å². The van der Waals surface area contributed by atoms with Crippen molar-refractivity contribution < 1.29 is 0 Å². The van der Waals surface area contributed by atoms with E-state index in [2.05, 4.69) is 48.4 Å². The summed E-state index contributed by atoms with van der Waals surface area (Å²) in [7, 11) is 0. The fourth-order valence-electron chi connectivity index (χ4n) is 2.46. The summed E-state index contributed by atoms with van der Waals surface area (Å²) < 4.78 is 0. The monoisotopic (exact) mass is 345 g/mol. The van der Waals surface area contributed by atoms with E-state index in [1.54, 1.807) is 6.20 Å². The Balaban J connectivity index is 1.85. The Bertz CT molecular complexity index is 977. The number of thiazole rings is 1. The van der Waals surface area contributed by atoms with Crippen molar-refractivity contribution in [1.29, 1.82) is 5.26 Å². The Morgan fingerprint density at radius 1 is 1.12 bits per heavy atom. The van der Waals surface area contributed by atoms with Crippen LogP contribution in [0.25, 0.3) is 16.8 Å². The molecular formula is C21H19N3S. The molecule has 0 aliphatic rings. The van der Waals surface area contributed by atoms with E-state index < -0.39 is 0 Å². The van der Waals surface area contributed by atoms with Gasteiger partial charge >= 0.3 is 0 Å². The largest absolute Gasteiger partial charge is 0.360 e. The summed E-state index contributed by atoms with van der Waals surface area (Å²) >= 11 is 1.48. The first-order valence-electron chi connectivity index (χ1n) is 8.04. The topological polar surface area (TPSA) is 48.7 Å². The van der Waals surface area contributed by atoms with Crippen molar-refractivity contribution in [3.8, 4) is 17.3 Å². The van der Waals surface area contributed by atoms with Crippen LogP contribution in [0.2, 0.25) is 0 Å². The zero-order valence-electron chi connectivity index (χ0n) is 14.5. The summed E-state index contributed by atoms with van der Waals surface area (Å²) in [6.45, 7) is 6.23. The molecule has 3 aromatic rings. The first-order valence-corrected chi connectivity index (χ1v) is 8.92. The Labute approximate surface area is 152 Å². The van der Waals surface area contributed by atoms with Gasteiger partial charge in [0.25, 0.3) is 0 Å². The number of nitrogens with one attached hydrogen (secondary N) is 1. The predicted molar refractivity (Wildman–Crippen MR) is 105 cm³/mol. The minimum atomic E-state index is 0.529. The lowest BCUT2D eigenvalue weighted by Crippen LogP contribution is -1.91. The number of nitriles is 1. The van der Waals surface area contributed by atoms with Crippen molar-refractivity contribution in [2.45, 2.75) is 20.8 Å². The average Bonchev–Trinajstić information content (AvgIpc) is 3.08. The third-order valence-electron chi connectivity index (χ3n) is 4.06. The van der Waals surface area contributed by atoms with Crippen LogP contribution in [-0.2, 0) is 0 Å².